The second kappa shape index (κ2) is 11.7. The number of nitrogens with zero attached hydrogens (tertiary/aromatic N) is 5. The normalized spacial score (nSPS) is 10.9. The van der Waals surface area contributed by atoms with E-state index in [9.17, 15) is 8.78 Å². The Kier molecular flexibility index (Phi) is 7.53. The monoisotopic (exact) mass is 577 g/mol. The third kappa shape index (κ3) is 5.52. The highest BCUT2D eigenvalue weighted by molar-refractivity contribution is 5.80. The molecule has 0 spiro atoms. The van der Waals surface area contributed by atoms with Crippen molar-refractivity contribution in [2.24, 2.45) is 7.05 Å². The fourth-order valence-corrected chi connectivity index (χ4v) is 4.81. The lowest BCUT2D eigenvalue weighted by Gasteiger charge is -2.28. The first-order chi connectivity index (χ1) is 20.9. The van der Waals surface area contributed by atoms with Crippen molar-refractivity contribution in [1.82, 2.24) is 14.5 Å². The summed E-state index contributed by atoms with van der Waals surface area (Å²) in [5.41, 5.74) is 2.86. The Morgan fingerprint density at radius 2 is 1.30 bits per heavy atom. The number of rotatable bonds is 8. The average Bonchev–Trinajstić information content (AvgIpc) is 3.47. The predicted octanol–water partition coefficient (Wildman–Crippen LogP) is 8.93. The third-order valence-electron chi connectivity index (χ3n) is 6.95. The van der Waals surface area contributed by atoms with Crippen molar-refractivity contribution in [3.8, 4) is 22.9 Å². The van der Waals surface area contributed by atoms with E-state index in [2.05, 4.69) is 9.97 Å². The first-order valence-electron chi connectivity index (χ1n) is 13.4. The number of hydrogen-bond donors (Lipinski definition) is 0. The van der Waals surface area contributed by atoms with Gasteiger partial charge in [-0.05, 0) is 48.5 Å². The minimum atomic E-state index is -1.65. The van der Waals surface area contributed by atoms with Gasteiger partial charge in [0.1, 0.15) is 17.4 Å². The molecular formula is C34H26F3N5O. The molecule has 0 atom stereocenters. The van der Waals surface area contributed by atoms with Crippen LogP contribution in [0.25, 0.3) is 11.4 Å². The molecule has 6 rings (SSSR count). The number of benzene rings is 4. The maximum absolute atomic E-state index is 15.2. The lowest BCUT2D eigenvalue weighted by Crippen LogP contribution is -2.14. The molecule has 6 nitrogen and oxygen atoms in total. The Balaban J connectivity index is 1.52. The number of anilines is 5. The van der Waals surface area contributed by atoms with Crippen LogP contribution in [0, 0.1) is 17.5 Å². The molecule has 0 N–H and O–H groups in total. The molecule has 0 aliphatic carbocycles. The van der Waals surface area contributed by atoms with Crippen molar-refractivity contribution >= 4 is 28.6 Å². The van der Waals surface area contributed by atoms with E-state index in [1.165, 1.54) is 10.8 Å². The molecule has 0 saturated carbocycles. The van der Waals surface area contributed by atoms with Crippen molar-refractivity contribution in [3.05, 3.63) is 139 Å². The van der Waals surface area contributed by atoms with Gasteiger partial charge in [-0.3, -0.25) is 0 Å². The minimum absolute atomic E-state index is 0.130. The van der Waals surface area contributed by atoms with Crippen LogP contribution in [0.2, 0.25) is 0 Å². The molecule has 0 aliphatic rings. The molecular weight excluding hydrogens is 551 g/mol. The Morgan fingerprint density at radius 3 is 1.91 bits per heavy atom. The maximum Gasteiger partial charge on any atom is 0.204 e. The quantitative estimate of drug-likeness (QED) is 0.169. The van der Waals surface area contributed by atoms with E-state index in [1.807, 2.05) is 102 Å². The van der Waals surface area contributed by atoms with Gasteiger partial charge in [0.2, 0.25) is 5.82 Å². The van der Waals surface area contributed by atoms with Crippen LogP contribution in [0.3, 0.4) is 0 Å². The van der Waals surface area contributed by atoms with Gasteiger partial charge in [-0.15, -0.1) is 0 Å². The van der Waals surface area contributed by atoms with Gasteiger partial charge in [-0.25, -0.2) is 18.7 Å². The second-order valence-electron chi connectivity index (χ2n) is 9.77. The van der Waals surface area contributed by atoms with Gasteiger partial charge in [0.05, 0.1) is 11.3 Å². The van der Waals surface area contributed by atoms with E-state index in [0.717, 1.165) is 17.4 Å². The molecule has 9 heteroatoms. The zero-order valence-corrected chi connectivity index (χ0v) is 23.3. The molecule has 4 aromatic carbocycles. The topological polar surface area (TPSA) is 46.4 Å². The Bertz CT molecular complexity index is 1830. The van der Waals surface area contributed by atoms with E-state index >= 15 is 4.39 Å². The first kappa shape index (κ1) is 27.6. The van der Waals surface area contributed by atoms with Gasteiger partial charge < -0.3 is 19.1 Å². The van der Waals surface area contributed by atoms with Crippen LogP contribution in [0.15, 0.2) is 122 Å². The van der Waals surface area contributed by atoms with Gasteiger partial charge in [-0.2, -0.15) is 4.39 Å². The standard InChI is InChI=1S/C34H26F3N5O/c1-40-18-17-39-34(40)28-22-29(32(36)33(37)31(28)35)43-27-20-25(41(2)30-15-9-10-16-38-30)19-26(21-27)42(23-11-5-3-6-12-23)24-13-7-4-8-14-24/h3-22H,1-2H3. The fourth-order valence-electron chi connectivity index (χ4n) is 4.81. The summed E-state index contributed by atoms with van der Waals surface area (Å²) >= 11 is 0. The molecule has 2 aromatic heterocycles. The minimum Gasteiger partial charge on any atom is -0.454 e. The largest absolute Gasteiger partial charge is 0.454 e. The summed E-state index contributed by atoms with van der Waals surface area (Å²) in [5.74, 6) is -3.93. The van der Waals surface area contributed by atoms with Gasteiger partial charge in [-0.1, -0.05) is 42.5 Å². The molecule has 0 bridgehead atoms. The van der Waals surface area contributed by atoms with Crippen molar-refractivity contribution in [2.45, 2.75) is 0 Å². The average molecular weight is 578 g/mol. The molecule has 214 valence electrons. The lowest BCUT2D eigenvalue weighted by atomic mass is 10.1. The zero-order valence-electron chi connectivity index (χ0n) is 23.3. The van der Waals surface area contributed by atoms with Crippen LogP contribution in [0.5, 0.6) is 11.5 Å². The number of para-hydroxylation sites is 2. The smallest absolute Gasteiger partial charge is 0.204 e. The molecule has 6 aromatic rings. The van der Waals surface area contributed by atoms with Gasteiger partial charge in [0.25, 0.3) is 0 Å². The number of aromatic nitrogens is 3. The zero-order chi connectivity index (χ0) is 29.9. The van der Waals surface area contributed by atoms with E-state index in [1.54, 1.807) is 31.6 Å². The molecule has 2 heterocycles. The third-order valence-corrected chi connectivity index (χ3v) is 6.95. The highest BCUT2D eigenvalue weighted by Gasteiger charge is 2.24. The summed E-state index contributed by atoms with van der Waals surface area (Å²) in [4.78, 5) is 12.4. The van der Waals surface area contributed by atoms with E-state index in [0.29, 0.717) is 17.2 Å². The van der Waals surface area contributed by atoms with Crippen molar-refractivity contribution in [2.75, 3.05) is 16.8 Å². The van der Waals surface area contributed by atoms with E-state index in [4.69, 9.17) is 4.74 Å². The van der Waals surface area contributed by atoms with Gasteiger partial charge in [0, 0.05) is 61.9 Å². The number of hydrogen-bond acceptors (Lipinski definition) is 5. The summed E-state index contributed by atoms with van der Waals surface area (Å²) in [7, 11) is 3.48. The van der Waals surface area contributed by atoms with Crippen LogP contribution in [0.1, 0.15) is 0 Å². The number of imidazole rings is 1. The molecule has 0 amide bonds. The maximum atomic E-state index is 15.2. The van der Waals surface area contributed by atoms with E-state index < -0.39 is 23.2 Å². The van der Waals surface area contributed by atoms with Crippen LogP contribution in [-0.4, -0.2) is 21.6 Å². The molecule has 0 radical (unpaired) electrons. The Labute approximate surface area is 246 Å². The van der Waals surface area contributed by atoms with Crippen LogP contribution < -0.4 is 14.5 Å². The molecule has 43 heavy (non-hydrogen) atoms. The van der Waals surface area contributed by atoms with Crippen molar-refractivity contribution < 1.29 is 17.9 Å². The van der Waals surface area contributed by atoms with Crippen LogP contribution >= 0.6 is 0 Å². The Morgan fingerprint density at radius 1 is 0.651 bits per heavy atom. The molecule has 0 fully saturated rings. The van der Waals surface area contributed by atoms with Gasteiger partial charge >= 0.3 is 0 Å². The summed E-state index contributed by atoms with van der Waals surface area (Å²) in [5, 5.41) is 0. The fraction of sp³-hybridized carbons (Fsp3) is 0.0588. The lowest BCUT2D eigenvalue weighted by molar-refractivity contribution is 0.395. The summed E-state index contributed by atoms with van der Waals surface area (Å²) in [6, 6.07) is 31.5. The first-order valence-corrected chi connectivity index (χ1v) is 13.4. The SMILES string of the molecule is CN(c1cc(Oc2cc(-c3nccn3C)c(F)c(F)c2F)cc(N(c2ccccc2)c2ccccc2)c1)c1ccccn1. The van der Waals surface area contributed by atoms with Crippen molar-refractivity contribution in [3.63, 3.8) is 0 Å². The van der Waals surface area contributed by atoms with Crippen LogP contribution in [-0.2, 0) is 7.05 Å². The molecule has 0 unspecified atom stereocenters. The predicted molar refractivity (Wildman–Crippen MR) is 162 cm³/mol. The summed E-state index contributed by atoms with van der Waals surface area (Å²) in [6.07, 6.45) is 4.71. The van der Waals surface area contributed by atoms with E-state index in [-0.39, 0.29) is 17.1 Å². The summed E-state index contributed by atoms with van der Waals surface area (Å²) in [6.45, 7) is 0. The number of pyridine rings is 1. The van der Waals surface area contributed by atoms with Gasteiger partial charge in [0.15, 0.2) is 17.4 Å². The second-order valence-corrected chi connectivity index (χ2v) is 9.77. The number of ether oxygens (including phenoxy) is 1. The summed E-state index contributed by atoms with van der Waals surface area (Å²) < 4.78 is 52.5. The van der Waals surface area contributed by atoms with Crippen molar-refractivity contribution in [1.29, 1.82) is 0 Å². The number of aryl methyl sites for hydroxylation is 1. The highest BCUT2D eigenvalue weighted by atomic mass is 19.2. The molecule has 0 saturated heterocycles. The number of halogens is 3. The highest BCUT2D eigenvalue weighted by Crippen LogP contribution is 2.41. The Hall–Kier alpha value is -5.57. The van der Waals surface area contributed by atoms with Crippen LogP contribution in [0.4, 0.5) is 41.7 Å². The molecule has 0 aliphatic heterocycles.